The lowest BCUT2D eigenvalue weighted by atomic mass is 10.1. The van der Waals surface area contributed by atoms with Gasteiger partial charge in [0, 0.05) is 36.2 Å². The van der Waals surface area contributed by atoms with E-state index >= 15 is 0 Å². The number of hydrogen-bond donors (Lipinski definition) is 1. The van der Waals surface area contributed by atoms with E-state index in [1.807, 2.05) is 0 Å². The standard InChI is InChI=1S/C21H25ClN2O6S/c1-28-18-11-20-19(29-8-3-9-30-20)10-16(18)12-23-21(25)14-24(31(2,26)27)13-15-4-6-17(22)7-5-15/h4-7,10-11H,3,8-9,12-14H2,1-2H3,(H,23,25). The summed E-state index contributed by atoms with van der Waals surface area (Å²) in [7, 11) is -2.07. The number of rotatable bonds is 8. The maximum Gasteiger partial charge on any atom is 0.235 e. The molecule has 1 aliphatic heterocycles. The number of carbonyl (C=O) groups is 1. The monoisotopic (exact) mass is 468 g/mol. The largest absolute Gasteiger partial charge is 0.496 e. The molecule has 0 aromatic heterocycles. The first-order valence-corrected chi connectivity index (χ1v) is 11.9. The zero-order chi connectivity index (χ0) is 22.4. The van der Waals surface area contributed by atoms with E-state index < -0.39 is 15.9 Å². The summed E-state index contributed by atoms with van der Waals surface area (Å²) in [4.78, 5) is 12.5. The summed E-state index contributed by atoms with van der Waals surface area (Å²) in [6, 6.07) is 10.3. The summed E-state index contributed by atoms with van der Waals surface area (Å²) in [6.45, 7) is 1.00. The molecule has 0 aliphatic carbocycles. The first-order chi connectivity index (χ1) is 14.8. The minimum Gasteiger partial charge on any atom is -0.496 e. The van der Waals surface area contributed by atoms with E-state index in [1.165, 1.54) is 7.11 Å². The SMILES string of the molecule is COc1cc2c(cc1CNC(=O)CN(Cc1ccc(Cl)cc1)S(C)(=O)=O)OCCCO2. The lowest BCUT2D eigenvalue weighted by Gasteiger charge is -2.20. The van der Waals surface area contributed by atoms with Crippen LogP contribution in [0.1, 0.15) is 17.5 Å². The normalized spacial score (nSPS) is 13.5. The Bertz CT molecular complexity index is 1030. The van der Waals surface area contributed by atoms with Crippen LogP contribution in [0.25, 0.3) is 0 Å². The molecule has 1 amide bonds. The smallest absolute Gasteiger partial charge is 0.235 e. The Balaban J connectivity index is 1.67. The summed E-state index contributed by atoms with van der Waals surface area (Å²) in [5, 5.41) is 3.30. The zero-order valence-corrected chi connectivity index (χ0v) is 19.0. The van der Waals surface area contributed by atoms with Crippen LogP contribution in [0.15, 0.2) is 36.4 Å². The van der Waals surface area contributed by atoms with Crippen molar-refractivity contribution in [2.24, 2.45) is 0 Å². The molecule has 3 rings (SSSR count). The van der Waals surface area contributed by atoms with Crippen LogP contribution < -0.4 is 19.5 Å². The first kappa shape index (κ1) is 23.2. The second-order valence-corrected chi connectivity index (χ2v) is 9.51. The molecular formula is C21H25ClN2O6S. The predicted octanol–water partition coefficient (Wildman–Crippen LogP) is 2.59. The third-order valence-electron chi connectivity index (χ3n) is 4.69. The molecule has 31 heavy (non-hydrogen) atoms. The number of amides is 1. The highest BCUT2D eigenvalue weighted by Crippen LogP contribution is 2.36. The van der Waals surface area contributed by atoms with E-state index in [1.54, 1.807) is 36.4 Å². The molecule has 10 heteroatoms. The minimum atomic E-state index is -3.60. The fourth-order valence-electron chi connectivity index (χ4n) is 3.05. The predicted molar refractivity (Wildman–Crippen MR) is 117 cm³/mol. The van der Waals surface area contributed by atoms with Gasteiger partial charge in [-0.1, -0.05) is 23.7 Å². The van der Waals surface area contributed by atoms with Crippen molar-refractivity contribution < 1.29 is 27.4 Å². The maximum absolute atomic E-state index is 12.5. The third-order valence-corrected chi connectivity index (χ3v) is 6.14. The average molecular weight is 469 g/mol. The minimum absolute atomic E-state index is 0.0662. The van der Waals surface area contributed by atoms with Crippen molar-refractivity contribution in [3.05, 3.63) is 52.5 Å². The van der Waals surface area contributed by atoms with Gasteiger partial charge in [-0.15, -0.1) is 0 Å². The summed E-state index contributed by atoms with van der Waals surface area (Å²) in [6.07, 6.45) is 1.85. The van der Waals surface area contributed by atoms with Crippen LogP contribution in [0.5, 0.6) is 17.2 Å². The molecule has 168 valence electrons. The second kappa shape index (κ2) is 10.2. The number of nitrogens with zero attached hydrogens (tertiary/aromatic N) is 1. The van der Waals surface area contributed by atoms with Gasteiger partial charge in [-0.05, 0) is 23.8 Å². The fourth-order valence-corrected chi connectivity index (χ4v) is 3.92. The second-order valence-electron chi connectivity index (χ2n) is 7.10. The van der Waals surface area contributed by atoms with Gasteiger partial charge < -0.3 is 19.5 Å². The number of ether oxygens (including phenoxy) is 3. The van der Waals surface area contributed by atoms with E-state index in [0.29, 0.717) is 41.0 Å². The number of halogens is 1. The Morgan fingerprint density at radius 2 is 1.81 bits per heavy atom. The molecule has 0 saturated heterocycles. The van der Waals surface area contributed by atoms with Crippen LogP contribution in [0.4, 0.5) is 0 Å². The number of hydrogen-bond acceptors (Lipinski definition) is 6. The lowest BCUT2D eigenvalue weighted by Crippen LogP contribution is -2.39. The van der Waals surface area contributed by atoms with E-state index in [0.717, 1.165) is 22.5 Å². The highest BCUT2D eigenvalue weighted by Gasteiger charge is 2.21. The molecule has 8 nitrogen and oxygen atoms in total. The van der Waals surface area contributed by atoms with Gasteiger partial charge in [-0.2, -0.15) is 4.31 Å². The van der Waals surface area contributed by atoms with Crippen LogP contribution in [0, 0.1) is 0 Å². The van der Waals surface area contributed by atoms with Crippen LogP contribution in [0.2, 0.25) is 5.02 Å². The van der Waals surface area contributed by atoms with Gasteiger partial charge >= 0.3 is 0 Å². The van der Waals surface area contributed by atoms with Crippen LogP contribution in [-0.4, -0.2) is 51.8 Å². The number of benzene rings is 2. The van der Waals surface area contributed by atoms with E-state index in [4.69, 9.17) is 25.8 Å². The molecule has 0 unspecified atom stereocenters. The molecule has 0 radical (unpaired) electrons. The lowest BCUT2D eigenvalue weighted by molar-refractivity contribution is -0.121. The molecule has 0 bridgehead atoms. The van der Waals surface area contributed by atoms with E-state index in [9.17, 15) is 13.2 Å². The average Bonchev–Trinajstić information content (AvgIpc) is 2.96. The number of sulfonamides is 1. The summed E-state index contributed by atoms with van der Waals surface area (Å²) < 4.78 is 42.2. The van der Waals surface area contributed by atoms with Crippen molar-refractivity contribution in [1.29, 1.82) is 0 Å². The number of methoxy groups -OCH3 is 1. The van der Waals surface area contributed by atoms with Crippen molar-refractivity contribution in [3.8, 4) is 17.2 Å². The highest BCUT2D eigenvalue weighted by molar-refractivity contribution is 7.88. The van der Waals surface area contributed by atoms with E-state index in [2.05, 4.69) is 5.32 Å². The van der Waals surface area contributed by atoms with Gasteiger partial charge in [-0.3, -0.25) is 4.79 Å². The van der Waals surface area contributed by atoms with Gasteiger partial charge in [0.25, 0.3) is 0 Å². The highest BCUT2D eigenvalue weighted by atomic mass is 35.5. The molecule has 0 atom stereocenters. The molecule has 0 saturated carbocycles. The van der Waals surface area contributed by atoms with Crippen molar-refractivity contribution in [1.82, 2.24) is 9.62 Å². The molecule has 1 heterocycles. The molecule has 0 spiro atoms. The molecule has 2 aromatic carbocycles. The Morgan fingerprint density at radius 3 is 2.42 bits per heavy atom. The maximum atomic E-state index is 12.5. The van der Waals surface area contributed by atoms with Gasteiger partial charge in [0.15, 0.2) is 11.5 Å². The van der Waals surface area contributed by atoms with Crippen molar-refractivity contribution >= 4 is 27.5 Å². The topological polar surface area (TPSA) is 94.2 Å². The Labute approximate surface area is 187 Å². The van der Waals surface area contributed by atoms with Gasteiger partial charge in [-0.25, -0.2) is 8.42 Å². The molecule has 0 fully saturated rings. The van der Waals surface area contributed by atoms with Gasteiger partial charge in [0.2, 0.25) is 15.9 Å². The van der Waals surface area contributed by atoms with Crippen LogP contribution >= 0.6 is 11.6 Å². The molecular weight excluding hydrogens is 444 g/mol. The molecule has 2 aromatic rings. The fraction of sp³-hybridized carbons (Fsp3) is 0.381. The van der Waals surface area contributed by atoms with Gasteiger partial charge in [0.05, 0.1) is 33.1 Å². The zero-order valence-electron chi connectivity index (χ0n) is 17.4. The van der Waals surface area contributed by atoms with Gasteiger partial charge in [0.1, 0.15) is 5.75 Å². The summed E-state index contributed by atoms with van der Waals surface area (Å²) in [5.74, 6) is 1.29. The molecule has 1 aliphatic rings. The first-order valence-electron chi connectivity index (χ1n) is 9.69. The van der Waals surface area contributed by atoms with Crippen molar-refractivity contribution in [2.45, 2.75) is 19.5 Å². The number of nitrogens with one attached hydrogen (secondary N) is 1. The van der Waals surface area contributed by atoms with Crippen LogP contribution in [-0.2, 0) is 27.9 Å². The third kappa shape index (κ3) is 6.49. The Hall–Kier alpha value is -2.49. The van der Waals surface area contributed by atoms with E-state index in [-0.39, 0.29) is 19.6 Å². The Kier molecular flexibility index (Phi) is 7.64. The quantitative estimate of drug-likeness (QED) is 0.640. The number of carbonyl (C=O) groups excluding carboxylic acids is 1. The van der Waals surface area contributed by atoms with Crippen molar-refractivity contribution in [2.75, 3.05) is 33.1 Å². The van der Waals surface area contributed by atoms with Crippen LogP contribution in [0.3, 0.4) is 0 Å². The summed E-state index contributed by atoms with van der Waals surface area (Å²) >= 11 is 5.88. The molecule has 1 N–H and O–H groups in total. The Morgan fingerprint density at radius 1 is 1.16 bits per heavy atom. The number of fused-ring (bicyclic) bond motifs is 1. The van der Waals surface area contributed by atoms with Crippen molar-refractivity contribution in [3.63, 3.8) is 0 Å². The summed E-state index contributed by atoms with van der Waals surface area (Å²) in [5.41, 5.74) is 1.43.